The van der Waals surface area contributed by atoms with Crippen molar-refractivity contribution in [2.24, 2.45) is 0 Å². The lowest BCUT2D eigenvalue weighted by atomic mass is 10.1. The summed E-state index contributed by atoms with van der Waals surface area (Å²) in [5, 5.41) is 2.53. The van der Waals surface area contributed by atoms with Crippen LogP contribution in [0.15, 0.2) is 146 Å². The van der Waals surface area contributed by atoms with Crippen molar-refractivity contribution in [1.29, 1.82) is 0 Å². The first-order valence-corrected chi connectivity index (χ1v) is 18.9. The molecule has 9 rings (SSSR count). The average molecular weight is 786 g/mol. The molecule has 2 radical (unpaired) electrons. The van der Waals surface area contributed by atoms with E-state index in [1.807, 2.05) is 67.6 Å². The molecule has 3 aliphatic rings. The maximum atomic E-state index is 12.8. The number of carbonyl (C=O) groups excluding carboxylic acids is 5. The average Bonchev–Trinajstić information content (AvgIpc) is 4.01. The van der Waals surface area contributed by atoms with Gasteiger partial charge in [0.1, 0.15) is 23.0 Å². The molecule has 5 amide bonds. The Morgan fingerprint density at radius 1 is 0.525 bits per heavy atom. The molecule has 0 aliphatic carbocycles. The minimum absolute atomic E-state index is 0.252. The number of ether oxygens (including phenoxy) is 3. The minimum atomic E-state index is -0.443. The van der Waals surface area contributed by atoms with Gasteiger partial charge in [0.05, 0.1) is 47.2 Å². The van der Waals surface area contributed by atoms with Crippen LogP contribution in [0.25, 0.3) is 0 Å². The van der Waals surface area contributed by atoms with Crippen molar-refractivity contribution in [2.45, 2.75) is 26.6 Å². The van der Waals surface area contributed by atoms with Gasteiger partial charge in [0.15, 0.2) is 0 Å². The second kappa shape index (κ2) is 19.7. The highest BCUT2D eigenvalue weighted by molar-refractivity contribution is 6.36. The van der Waals surface area contributed by atoms with Gasteiger partial charge in [-0.15, -0.1) is 0 Å². The number of imide groups is 2. The van der Waals surface area contributed by atoms with Crippen LogP contribution in [-0.2, 0) is 9.53 Å². The van der Waals surface area contributed by atoms with E-state index < -0.39 is 11.8 Å². The van der Waals surface area contributed by atoms with E-state index in [0.717, 1.165) is 23.7 Å². The highest BCUT2D eigenvalue weighted by atomic mass is 16.5. The molecule has 6 aromatic rings. The fraction of sp³-hybridized carbons (Fsp3) is 0.128. The van der Waals surface area contributed by atoms with E-state index in [1.54, 1.807) is 84.9 Å². The molecule has 0 atom stereocenters. The fourth-order valence-electron chi connectivity index (χ4n) is 6.41. The third kappa shape index (κ3) is 9.47. The number of nitrogens with zero attached hydrogens (tertiary/aromatic N) is 2. The monoisotopic (exact) mass is 785 g/mol. The van der Waals surface area contributed by atoms with Crippen LogP contribution >= 0.6 is 0 Å². The second-order valence-electron chi connectivity index (χ2n) is 13.0. The van der Waals surface area contributed by atoms with Crippen LogP contribution in [0.4, 0.5) is 17.1 Å². The Morgan fingerprint density at radius 3 is 1.32 bits per heavy atom. The quantitative estimate of drug-likeness (QED) is 0.0918. The normalized spacial score (nSPS) is 13.5. The van der Waals surface area contributed by atoms with Crippen LogP contribution in [-0.4, -0.2) is 51.1 Å². The van der Waals surface area contributed by atoms with Crippen LogP contribution in [0.5, 0.6) is 23.0 Å². The Kier molecular flexibility index (Phi) is 13.8. The van der Waals surface area contributed by atoms with E-state index in [-0.39, 0.29) is 17.5 Å². The van der Waals surface area contributed by atoms with E-state index in [0.29, 0.717) is 63.0 Å². The molecule has 3 aliphatic heterocycles. The van der Waals surface area contributed by atoms with Gasteiger partial charge in [0, 0.05) is 25.3 Å². The number of hydrogen-bond acceptors (Lipinski definition) is 8. The van der Waals surface area contributed by atoms with E-state index in [1.165, 1.54) is 24.6 Å². The summed E-state index contributed by atoms with van der Waals surface area (Å²) < 4.78 is 16.6. The molecule has 1 fully saturated rings. The highest BCUT2D eigenvalue weighted by Crippen LogP contribution is 2.38. The number of fused-ring (bicyclic) bond motifs is 2. The van der Waals surface area contributed by atoms with Crippen LogP contribution in [0.3, 0.4) is 0 Å². The molecule has 59 heavy (non-hydrogen) atoms. The number of amides is 5. The second-order valence-corrected chi connectivity index (χ2v) is 13.0. The van der Waals surface area contributed by atoms with Crippen LogP contribution in [0, 0.1) is 6.92 Å². The molecule has 11 nitrogen and oxygen atoms in total. The lowest BCUT2D eigenvalue weighted by molar-refractivity contribution is -0.105. The molecular formula is C47H40BN3O8. The number of para-hydroxylation sites is 2. The predicted octanol–water partition coefficient (Wildman–Crippen LogP) is 9.44. The molecule has 12 heteroatoms. The Labute approximate surface area is 343 Å². The molecule has 0 spiro atoms. The first-order valence-electron chi connectivity index (χ1n) is 18.9. The molecular weight excluding hydrogens is 745 g/mol. The summed E-state index contributed by atoms with van der Waals surface area (Å²) in [4.78, 5) is 64.2. The van der Waals surface area contributed by atoms with Gasteiger partial charge in [-0.05, 0) is 92.1 Å². The SMILES string of the molecule is C1CCOC1.Cc1ccc(Oc2ccccc2)cc1N1C(=O)c2ccccc2C1=O.O=CNc1ccc(Oc2ccccc2)cc1N1C(=O)c2ccccc2C1=O.[B]C. The van der Waals surface area contributed by atoms with Gasteiger partial charge in [-0.25, -0.2) is 9.80 Å². The standard InChI is InChI=1S/C21H14N2O4.C21H15NO3.C4H8O.CH3B/c24-13-22-18-11-10-15(27-14-6-2-1-3-7-14)12-19(18)23-20(25)16-8-4-5-9-17(16)21(23)26;1-14-11-12-16(25-15-7-3-2-4-8-15)13-19(14)22-20(23)17-9-5-6-10-18(17)21(22)24;1-2-4-5-3-1;1-2/h1-13H,(H,22,24);2-13H,1H3;1-4H2;1H3. The third-order valence-corrected chi connectivity index (χ3v) is 9.22. The van der Waals surface area contributed by atoms with E-state index >= 15 is 0 Å². The number of rotatable bonds is 8. The molecule has 3 heterocycles. The van der Waals surface area contributed by atoms with E-state index in [2.05, 4.69) is 13.2 Å². The number of benzene rings is 6. The van der Waals surface area contributed by atoms with E-state index in [9.17, 15) is 24.0 Å². The van der Waals surface area contributed by atoms with E-state index in [4.69, 9.17) is 14.2 Å². The molecule has 0 saturated carbocycles. The van der Waals surface area contributed by atoms with Crippen molar-refractivity contribution in [2.75, 3.05) is 28.3 Å². The zero-order valence-corrected chi connectivity index (χ0v) is 32.5. The number of nitrogens with one attached hydrogen (secondary N) is 1. The third-order valence-electron chi connectivity index (χ3n) is 9.22. The first-order chi connectivity index (χ1) is 28.8. The van der Waals surface area contributed by atoms with Crippen LogP contribution in [0.1, 0.15) is 59.8 Å². The Balaban J connectivity index is 0.000000171. The number of aryl methyl sites for hydroxylation is 1. The molecule has 1 saturated heterocycles. The van der Waals surface area contributed by atoms with Crippen molar-refractivity contribution in [3.63, 3.8) is 0 Å². The first kappa shape index (κ1) is 41.3. The molecule has 1 N–H and O–H groups in total. The summed E-state index contributed by atoms with van der Waals surface area (Å²) in [6, 6.07) is 42.2. The maximum Gasteiger partial charge on any atom is 0.266 e. The van der Waals surface area contributed by atoms with Crippen molar-refractivity contribution >= 4 is 54.9 Å². The van der Waals surface area contributed by atoms with Crippen molar-refractivity contribution < 1.29 is 38.2 Å². The van der Waals surface area contributed by atoms with Crippen molar-refractivity contribution in [3.05, 3.63) is 173 Å². The summed E-state index contributed by atoms with van der Waals surface area (Å²) in [6.45, 7) is 5.37. The molecule has 6 aromatic carbocycles. The van der Waals surface area contributed by atoms with Gasteiger partial charge in [0.25, 0.3) is 23.6 Å². The molecule has 0 unspecified atom stereocenters. The number of hydrogen-bond donors (Lipinski definition) is 1. The highest BCUT2D eigenvalue weighted by Gasteiger charge is 2.38. The Bertz CT molecular complexity index is 2380. The smallest absolute Gasteiger partial charge is 0.266 e. The van der Waals surface area contributed by atoms with Crippen LogP contribution < -0.4 is 24.6 Å². The zero-order valence-electron chi connectivity index (χ0n) is 32.5. The zero-order chi connectivity index (χ0) is 41.7. The van der Waals surface area contributed by atoms with Gasteiger partial charge in [-0.1, -0.05) is 73.6 Å². The molecule has 294 valence electrons. The Morgan fingerprint density at radius 2 is 0.915 bits per heavy atom. The number of anilines is 3. The summed E-state index contributed by atoms with van der Waals surface area (Å²) in [5.41, 5.74) is 3.47. The summed E-state index contributed by atoms with van der Waals surface area (Å²) in [5.74, 6) is 0.818. The Hall–Kier alpha value is -7.31. The van der Waals surface area contributed by atoms with Gasteiger partial charge in [-0.2, -0.15) is 0 Å². The topological polar surface area (TPSA) is 132 Å². The van der Waals surface area contributed by atoms with Gasteiger partial charge in [-0.3, -0.25) is 24.0 Å². The molecule has 0 aromatic heterocycles. The fourth-order valence-corrected chi connectivity index (χ4v) is 6.41. The summed E-state index contributed by atoms with van der Waals surface area (Å²) in [7, 11) is 4.50. The lowest BCUT2D eigenvalue weighted by Crippen LogP contribution is -2.30. The summed E-state index contributed by atoms with van der Waals surface area (Å²) in [6.07, 6.45) is 3.05. The molecule has 0 bridgehead atoms. The largest absolute Gasteiger partial charge is 0.457 e. The van der Waals surface area contributed by atoms with Gasteiger partial charge in [0.2, 0.25) is 6.41 Å². The minimum Gasteiger partial charge on any atom is -0.457 e. The van der Waals surface area contributed by atoms with Crippen molar-refractivity contribution in [3.8, 4) is 23.0 Å². The van der Waals surface area contributed by atoms with Gasteiger partial charge >= 0.3 is 0 Å². The predicted molar refractivity (Wildman–Crippen MR) is 227 cm³/mol. The van der Waals surface area contributed by atoms with Crippen LogP contribution in [0.2, 0.25) is 6.82 Å². The van der Waals surface area contributed by atoms with Crippen molar-refractivity contribution in [1.82, 2.24) is 0 Å². The number of carbonyl (C=O) groups is 5. The summed E-state index contributed by atoms with van der Waals surface area (Å²) >= 11 is 0. The maximum absolute atomic E-state index is 12.8. The van der Waals surface area contributed by atoms with Gasteiger partial charge < -0.3 is 19.5 Å². The lowest BCUT2D eigenvalue weighted by Gasteiger charge is -2.19.